The lowest BCUT2D eigenvalue weighted by atomic mass is 9.98. The second-order valence-corrected chi connectivity index (χ2v) is 13.3. The third-order valence-corrected chi connectivity index (χ3v) is 10.1. The van der Waals surface area contributed by atoms with Crippen molar-refractivity contribution in [2.24, 2.45) is 0 Å². The maximum absolute atomic E-state index is 11.5. The summed E-state index contributed by atoms with van der Waals surface area (Å²) < 4.78 is 0. The lowest BCUT2D eigenvalue weighted by molar-refractivity contribution is -0.139. The molecule has 12 heteroatoms. The van der Waals surface area contributed by atoms with Gasteiger partial charge in [0.05, 0.1) is 28.9 Å². The maximum atomic E-state index is 11.5. The Balaban J connectivity index is 0.000000488. The van der Waals surface area contributed by atoms with Gasteiger partial charge in [-0.25, -0.2) is 9.97 Å². The fourth-order valence-electron chi connectivity index (χ4n) is 7.13. The number of aliphatic hydroxyl groups is 1. The number of aliphatic carboxylic acids is 3. The number of aromatic amines is 2. The van der Waals surface area contributed by atoms with Crippen molar-refractivity contribution in [1.29, 1.82) is 0 Å². The quantitative estimate of drug-likeness (QED) is 0.130. The highest BCUT2D eigenvalue weighted by atomic mass is 16.4. The van der Waals surface area contributed by atoms with E-state index in [-0.39, 0.29) is 12.8 Å². The number of carboxylic acids is 3. The lowest BCUT2D eigenvalue weighted by Gasteiger charge is -2.05. The number of carboxylic acid groups (broad SMARTS) is 3. The summed E-state index contributed by atoms with van der Waals surface area (Å²) in [5.74, 6) is -2.62. The summed E-state index contributed by atoms with van der Waals surface area (Å²) in [7, 11) is 0. The molecule has 0 aromatic carbocycles. The monoisotopic (exact) mass is 697 g/mol. The van der Waals surface area contributed by atoms with Crippen molar-refractivity contribution in [3.63, 3.8) is 0 Å². The van der Waals surface area contributed by atoms with Gasteiger partial charge in [-0.05, 0) is 122 Å². The molecule has 0 aliphatic carbocycles. The third-order valence-electron chi connectivity index (χ3n) is 10.1. The Morgan fingerprint density at radius 1 is 0.686 bits per heavy atom. The summed E-state index contributed by atoms with van der Waals surface area (Å²) >= 11 is 0. The molecule has 0 radical (unpaired) electrons. The predicted octanol–water partition coefficient (Wildman–Crippen LogP) is 6.44. The van der Waals surface area contributed by atoms with Crippen LogP contribution < -0.4 is 5.32 Å². The first-order valence-electron chi connectivity index (χ1n) is 17.4. The van der Waals surface area contributed by atoms with Crippen LogP contribution in [0, 0.1) is 13.8 Å². The molecule has 270 valence electrons. The summed E-state index contributed by atoms with van der Waals surface area (Å²) in [5.41, 5.74) is 15.4. The highest BCUT2D eigenvalue weighted by Gasteiger charge is 2.27. The summed E-state index contributed by atoms with van der Waals surface area (Å²) in [6, 6.07) is 7.65. The molecule has 2 atom stereocenters. The standard InChI is InChI=1S/C34H38N4O4.C5H9NO3/c1-7-21-17(3)25-13-26-19(5)23(9-11-33(39)40)31(37-26)16-32-24(10-12-34(41)42)20(6)28(38-32)15-30-22(8-2)18(4)27(36-30)14-29(21)35-25;7-3-1-4(5(8)9)6-2-3/h13-16,35-36H,7-12H2,1-6H3,(H,39,40)(H,41,42);3-4,6-7H,1-2H2,(H,8,9)/t;3?,4-/m.0/s1. The largest absolute Gasteiger partial charge is 0.481 e. The molecule has 1 fully saturated rings. The van der Waals surface area contributed by atoms with E-state index in [1.54, 1.807) is 0 Å². The highest BCUT2D eigenvalue weighted by molar-refractivity contribution is 5.96. The van der Waals surface area contributed by atoms with Gasteiger partial charge in [0.15, 0.2) is 0 Å². The van der Waals surface area contributed by atoms with Gasteiger partial charge in [0.2, 0.25) is 0 Å². The number of fused-ring (bicyclic) bond motifs is 8. The van der Waals surface area contributed by atoms with Crippen LogP contribution in [0.3, 0.4) is 0 Å². The molecule has 1 saturated heterocycles. The number of allylic oxidation sites excluding steroid dienone is 4. The topological polar surface area (TPSA) is 202 Å². The van der Waals surface area contributed by atoms with Crippen LogP contribution in [-0.2, 0) is 27.2 Å². The molecule has 7 N–H and O–H groups in total. The zero-order valence-electron chi connectivity index (χ0n) is 30.0. The number of β-amino-alcohol motifs (C(OH)–C–C–N with tert-alkyl or cyclic N) is 1. The average molecular weight is 698 g/mol. The first kappa shape index (κ1) is 37.2. The molecular formula is C39H47N5O7. The zero-order chi connectivity index (χ0) is 37.1. The molecule has 12 nitrogen and oxygen atoms in total. The number of aliphatic hydroxyl groups excluding tert-OH is 1. The van der Waals surface area contributed by atoms with Crippen LogP contribution in [0.4, 0.5) is 0 Å². The summed E-state index contributed by atoms with van der Waals surface area (Å²) in [6.45, 7) is 12.9. The number of nitrogens with one attached hydrogen (secondary N) is 3. The van der Waals surface area contributed by atoms with Crippen molar-refractivity contribution in [1.82, 2.24) is 25.3 Å². The Kier molecular flexibility index (Phi) is 11.3. The number of hydrogen-bond donors (Lipinski definition) is 7. The van der Waals surface area contributed by atoms with Gasteiger partial charge in [-0.15, -0.1) is 0 Å². The lowest BCUT2D eigenvalue weighted by Crippen LogP contribution is -2.29. The van der Waals surface area contributed by atoms with Crippen molar-refractivity contribution in [2.45, 2.75) is 98.6 Å². The average Bonchev–Trinajstić information content (AvgIpc) is 3.85. The van der Waals surface area contributed by atoms with Gasteiger partial charge in [-0.3, -0.25) is 14.4 Å². The summed E-state index contributed by atoms with van der Waals surface area (Å²) in [5, 5.41) is 38.8. The fraction of sp³-hybridized carbons (Fsp3) is 0.410. The SMILES string of the molecule is CCc1c(C)c2cc3[nH]c(cc4nc(cc5nc(cc1[nH]2)C(C)=C5CCC(=O)O)C(CCC(=O)O)=C4C)c(C)c3CC.O=C(O)[C@@H]1CC(O)CN1. The van der Waals surface area contributed by atoms with E-state index in [9.17, 15) is 24.6 Å². The van der Waals surface area contributed by atoms with Crippen molar-refractivity contribution in [3.05, 3.63) is 69.3 Å². The minimum absolute atomic E-state index is 0.0138. The van der Waals surface area contributed by atoms with Gasteiger partial charge in [-0.1, -0.05) is 13.8 Å². The van der Waals surface area contributed by atoms with Crippen LogP contribution in [-0.4, -0.2) is 77.0 Å². The smallest absolute Gasteiger partial charge is 0.320 e. The number of H-pyrrole nitrogens is 2. The van der Waals surface area contributed by atoms with E-state index < -0.39 is 30.1 Å². The van der Waals surface area contributed by atoms with E-state index in [1.807, 2.05) is 26.0 Å². The van der Waals surface area contributed by atoms with Crippen LogP contribution in [0.5, 0.6) is 0 Å². The van der Waals surface area contributed by atoms with Crippen LogP contribution >= 0.6 is 0 Å². The molecule has 3 aromatic rings. The van der Waals surface area contributed by atoms with Gasteiger partial charge in [0.1, 0.15) is 6.04 Å². The molecule has 0 spiro atoms. The van der Waals surface area contributed by atoms with E-state index in [2.05, 4.69) is 55.1 Å². The molecule has 3 aromatic heterocycles. The van der Waals surface area contributed by atoms with Gasteiger partial charge >= 0.3 is 17.9 Å². The molecule has 6 heterocycles. The van der Waals surface area contributed by atoms with Gasteiger partial charge in [0.25, 0.3) is 0 Å². The van der Waals surface area contributed by atoms with Crippen LogP contribution in [0.15, 0.2) is 24.3 Å². The molecule has 8 bridgehead atoms. The van der Waals surface area contributed by atoms with E-state index >= 15 is 0 Å². The van der Waals surface area contributed by atoms with Crippen LogP contribution in [0.1, 0.15) is 105 Å². The number of rotatable bonds is 9. The summed E-state index contributed by atoms with van der Waals surface area (Å²) in [6.07, 6.45) is 2.22. The number of aryl methyl sites for hydroxylation is 4. The van der Waals surface area contributed by atoms with Crippen molar-refractivity contribution < 1.29 is 34.8 Å². The highest BCUT2D eigenvalue weighted by Crippen LogP contribution is 2.38. The summed E-state index contributed by atoms with van der Waals surface area (Å²) in [4.78, 5) is 50.5. The predicted molar refractivity (Wildman–Crippen MR) is 198 cm³/mol. The van der Waals surface area contributed by atoms with E-state index in [0.29, 0.717) is 37.2 Å². The minimum atomic E-state index is -0.883. The van der Waals surface area contributed by atoms with Gasteiger partial charge in [0, 0.05) is 47.9 Å². The normalized spacial score (nSPS) is 17.1. The van der Waals surface area contributed by atoms with Crippen LogP contribution in [0.25, 0.3) is 44.4 Å². The number of hydrogen-bond acceptors (Lipinski definition) is 7. The fourth-order valence-corrected chi connectivity index (χ4v) is 7.13. The van der Waals surface area contributed by atoms with Crippen molar-refractivity contribution in [3.8, 4) is 0 Å². The molecule has 3 aliphatic heterocycles. The van der Waals surface area contributed by atoms with E-state index in [1.165, 1.54) is 16.7 Å². The van der Waals surface area contributed by atoms with E-state index in [4.69, 9.17) is 20.2 Å². The maximum Gasteiger partial charge on any atom is 0.320 e. The van der Waals surface area contributed by atoms with Crippen molar-refractivity contribution in [2.75, 3.05) is 6.54 Å². The molecular weight excluding hydrogens is 650 g/mol. The third kappa shape index (κ3) is 7.97. The number of carbonyl (C=O) groups is 3. The Labute approximate surface area is 296 Å². The van der Waals surface area contributed by atoms with Crippen molar-refractivity contribution >= 4 is 62.3 Å². The number of aromatic nitrogens is 4. The second kappa shape index (κ2) is 15.4. The van der Waals surface area contributed by atoms with E-state index in [0.717, 1.165) is 74.2 Å². The Bertz CT molecular complexity index is 2120. The molecule has 1 unspecified atom stereocenters. The Hall–Kier alpha value is -5.07. The molecule has 0 amide bonds. The Morgan fingerprint density at radius 3 is 1.53 bits per heavy atom. The first-order valence-corrected chi connectivity index (χ1v) is 17.4. The Morgan fingerprint density at radius 2 is 1.14 bits per heavy atom. The molecule has 51 heavy (non-hydrogen) atoms. The first-order chi connectivity index (χ1) is 24.2. The zero-order valence-corrected chi connectivity index (χ0v) is 30.0. The number of nitrogens with zero attached hydrogens (tertiary/aromatic N) is 2. The second-order valence-electron chi connectivity index (χ2n) is 13.3. The van der Waals surface area contributed by atoms with Crippen LogP contribution in [0.2, 0.25) is 0 Å². The molecule has 6 rings (SSSR count). The molecule has 0 saturated carbocycles. The molecule has 3 aliphatic rings. The minimum Gasteiger partial charge on any atom is -0.481 e. The van der Waals surface area contributed by atoms with Gasteiger partial charge < -0.3 is 35.7 Å². The van der Waals surface area contributed by atoms with Gasteiger partial charge in [-0.2, -0.15) is 0 Å².